The Morgan fingerprint density at radius 3 is 2.25 bits per heavy atom. The smallest absolute Gasteiger partial charge is 0.303 e. The van der Waals surface area contributed by atoms with Crippen LogP contribution in [-0.4, -0.2) is 58.5 Å². The van der Waals surface area contributed by atoms with E-state index in [0.717, 1.165) is 4.68 Å². The van der Waals surface area contributed by atoms with Crippen LogP contribution in [-0.2, 0) is 38.7 Å². The van der Waals surface area contributed by atoms with Crippen LogP contribution in [0.2, 0.25) is 0 Å². The average Bonchev–Trinajstić information content (AvgIpc) is 3.15. The zero-order valence-electron chi connectivity index (χ0n) is 15.4. The third kappa shape index (κ3) is 5.07. The third-order valence-electron chi connectivity index (χ3n) is 3.76. The molecule has 0 aromatic carbocycles. The summed E-state index contributed by atoms with van der Waals surface area (Å²) < 4.78 is 22.5. The largest absolute Gasteiger partial charge is 0.463 e. The summed E-state index contributed by atoms with van der Waals surface area (Å²) in [6.45, 7) is 3.29. The van der Waals surface area contributed by atoms with E-state index in [1.54, 1.807) is 0 Å². The first-order valence-electron chi connectivity index (χ1n) is 8.21. The summed E-state index contributed by atoms with van der Waals surface area (Å²) >= 11 is 3.23. The van der Waals surface area contributed by atoms with Crippen molar-refractivity contribution in [1.29, 1.82) is 0 Å². The number of halogens is 1. The Bertz CT molecular complexity index is 780. The molecular formula is C16H20BrN3O8. The van der Waals surface area contributed by atoms with Gasteiger partial charge in [0.15, 0.2) is 18.4 Å². The van der Waals surface area contributed by atoms with Crippen LogP contribution in [0.3, 0.4) is 0 Å². The zero-order valence-corrected chi connectivity index (χ0v) is 17.0. The number of nitrogens with two attached hydrogens (primary N) is 1. The maximum atomic E-state index is 11.8. The fraction of sp³-hybridized carbons (Fsp3) is 0.562. The summed E-state index contributed by atoms with van der Waals surface area (Å²) in [5, 5.41) is 4.57. The fourth-order valence-electron chi connectivity index (χ4n) is 2.78. The predicted molar refractivity (Wildman–Crippen MR) is 95.0 cm³/mol. The van der Waals surface area contributed by atoms with Gasteiger partial charge in [0, 0.05) is 26.1 Å². The van der Waals surface area contributed by atoms with Gasteiger partial charge in [-0.15, -0.1) is 0 Å². The molecule has 1 aliphatic rings. The average molecular weight is 462 g/mol. The second kappa shape index (κ2) is 9.15. The van der Waals surface area contributed by atoms with Crippen molar-refractivity contribution in [3.05, 3.63) is 17.5 Å². The van der Waals surface area contributed by atoms with E-state index in [4.69, 9.17) is 24.7 Å². The number of primary amides is 1. The van der Waals surface area contributed by atoms with E-state index in [1.807, 2.05) is 0 Å². The maximum absolute atomic E-state index is 11.8. The van der Waals surface area contributed by atoms with Gasteiger partial charge in [0.05, 0.1) is 5.69 Å². The number of hydrogen-bond donors (Lipinski definition) is 1. The molecule has 2 rings (SSSR count). The lowest BCUT2D eigenvalue weighted by Gasteiger charge is -2.23. The van der Waals surface area contributed by atoms with Crippen LogP contribution < -0.4 is 5.73 Å². The summed E-state index contributed by atoms with van der Waals surface area (Å²) in [5.41, 5.74) is 5.90. The normalized spacial score (nSPS) is 23.9. The lowest BCUT2D eigenvalue weighted by Crippen LogP contribution is -2.41. The van der Waals surface area contributed by atoms with Gasteiger partial charge in [0.25, 0.3) is 5.91 Å². The van der Waals surface area contributed by atoms with Gasteiger partial charge in [-0.25, -0.2) is 4.68 Å². The van der Waals surface area contributed by atoms with Gasteiger partial charge in [-0.3, -0.25) is 19.2 Å². The van der Waals surface area contributed by atoms with Gasteiger partial charge in [0.1, 0.15) is 18.4 Å². The fourth-order valence-corrected chi connectivity index (χ4v) is 3.05. The van der Waals surface area contributed by atoms with Crippen molar-refractivity contribution in [2.45, 2.75) is 50.6 Å². The predicted octanol–water partition coefficient (Wildman–Crippen LogP) is 0.201. The van der Waals surface area contributed by atoms with Crippen molar-refractivity contribution in [2.75, 3.05) is 6.61 Å². The van der Waals surface area contributed by atoms with Gasteiger partial charge in [-0.1, -0.05) is 15.9 Å². The van der Waals surface area contributed by atoms with Crippen LogP contribution in [0.25, 0.3) is 0 Å². The molecule has 1 aromatic heterocycles. The van der Waals surface area contributed by atoms with Crippen molar-refractivity contribution in [3.63, 3.8) is 0 Å². The molecule has 2 N–H and O–H groups in total. The van der Waals surface area contributed by atoms with Gasteiger partial charge < -0.3 is 24.7 Å². The van der Waals surface area contributed by atoms with E-state index in [9.17, 15) is 19.2 Å². The summed E-state index contributed by atoms with van der Waals surface area (Å²) in [7, 11) is 0. The summed E-state index contributed by atoms with van der Waals surface area (Å²) in [5.74, 6) is -2.68. The Kier molecular flexibility index (Phi) is 7.13. The lowest BCUT2D eigenvalue weighted by molar-refractivity contribution is -0.166. The topological polar surface area (TPSA) is 149 Å². The van der Waals surface area contributed by atoms with E-state index >= 15 is 0 Å². The quantitative estimate of drug-likeness (QED) is 0.341. The lowest BCUT2D eigenvalue weighted by atomic mass is 10.1. The van der Waals surface area contributed by atoms with Crippen LogP contribution in [0.15, 0.2) is 6.07 Å². The SMILES string of the molecule is CC(=O)OC[C@H]1O[C@@H](n2nc(CBr)cc2C(N)=O)[C@H](OC(C)=O)[C@@H]1OC(C)=O. The molecule has 1 aliphatic heterocycles. The number of aromatic nitrogens is 2. The van der Waals surface area contributed by atoms with Crippen LogP contribution >= 0.6 is 15.9 Å². The number of hydrogen-bond acceptors (Lipinski definition) is 9. The monoisotopic (exact) mass is 461 g/mol. The molecular weight excluding hydrogens is 442 g/mol. The molecule has 1 amide bonds. The minimum atomic E-state index is -1.15. The first-order chi connectivity index (χ1) is 13.1. The van der Waals surface area contributed by atoms with Crippen molar-refractivity contribution in [2.24, 2.45) is 5.73 Å². The highest BCUT2D eigenvalue weighted by Gasteiger charge is 2.51. The number of alkyl halides is 1. The minimum Gasteiger partial charge on any atom is -0.463 e. The molecule has 11 nitrogen and oxygen atoms in total. The molecule has 0 spiro atoms. The van der Waals surface area contributed by atoms with Crippen LogP contribution in [0.4, 0.5) is 0 Å². The second-order valence-electron chi connectivity index (χ2n) is 5.98. The summed E-state index contributed by atoms with van der Waals surface area (Å²) in [6.07, 6.45) is -4.34. The van der Waals surface area contributed by atoms with Crippen LogP contribution in [0.1, 0.15) is 43.2 Å². The van der Waals surface area contributed by atoms with E-state index in [-0.39, 0.29) is 12.3 Å². The zero-order chi connectivity index (χ0) is 21.0. The van der Waals surface area contributed by atoms with Gasteiger partial charge in [-0.05, 0) is 6.07 Å². The number of carbonyl (C=O) groups excluding carboxylic acids is 4. The maximum Gasteiger partial charge on any atom is 0.303 e. The molecule has 0 unspecified atom stereocenters. The Morgan fingerprint density at radius 2 is 1.75 bits per heavy atom. The van der Waals surface area contributed by atoms with Gasteiger partial charge >= 0.3 is 17.9 Å². The van der Waals surface area contributed by atoms with Gasteiger partial charge in [-0.2, -0.15) is 5.10 Å². The Morgan fingerprint density at radius 1 is 1.14 bits per heavy atom. The molecule has 2 heterocycles. The second-order valence-corrected chi connectivity index (χ2v) is 6.54. The molecule has 0 saturated carbocycles. The van der Waals surface area contributed by atoms with Crippen LogP contribution in [0, 0.1) is 0 Å². The Balaban J connectivity index is 2.46. The highest BCUT2D eigenvalue weighted by atomic mass is 79.9. The molecule has 154 valence electrons. The Hall–Kier alpha value is -2.47. The van der Waals surface area contributed by atoms with Crippen LogP contribution in [0.5, 0.6) is 0 Å². The highest BCUT2D eigenvalue weighted by Crippen LogP contribution is 2.35. The summed E-state index contributed by atoms with van der Waals surface area (Å²) in [6, 6.07) is 1.45. The van der Waals surface area contributed by atoms with E-state index in [2.05, 4.69) is 21.0 Å². The highest BCUT2D eigenvalue weighted by molar-refractivity contribution is 9.08. The number of amides is 1. The van der Waals surface area contributed by atoms with Gasteiger partial charge in [0.2, 0.25) is 0 Å². The third-order valence-corrected chi connectivity index (χ3v) is 4.33. The number of nitrogens with zero attached hydrogens (tertiary/aromatic N) is 2. The molecule has 28 heavy (non-hydrogen) atoms. The number of esters is 3. The van der Waals surface area contributed by atoms with E-state index in [0.29, 0.717) is 11.0 Å². The van der Waals surface area contributed by atoms with E-state index in [1.165, 1.54) is 26.8 Å². The number of ether oxygens (including phenoxy) is 4. The molecule has 0 radical (unpaired) electrons. The molecule has 1 aromatic rings. The van der Waals surface area contributed by atoms with Crippen molar-refractivity contribution >= 4 is 39.7 Å². The molecule has 1 saturated heterocycles. The van der Waals surface area contributed by atoms with E-state index < -0.39 is 48.4 Å². The molecule has 0 bridgehead atoms. The minimum absolute atomic E-state index is 0.00585. The molecule has 0 aliphatic carbocycles. The first kappa shape index (κ1) is 21.8. The van der Waals surface area contributed by atoms with Crippen molar-refractivity contribution in [3.8, 4) is 0 Å². The molecule has 12 heteroatoms. The standard InChI is InChI=1S/C16H20BrN3O8/c1-7(21)25-6-12-13(26-8(2)22)14(27-9(3)23)16(28-12)20-11(15(18)24)4-10(5-17)19-20/h4,12-14,16H,5-6H2,1-3H3,(H2,18,24)/t12-,13-,14-,16-/m1/s1. The number of rotatable bonds is 7. The van der Waals surface area contributed by atoms with Crippen molar-refractivity contribution < 1.29 is 38.1 Å². The first-order valence-corrected chi connectivity index (χ1v) is 9.33. The Labute approximate surface area is 168 Å². The molecule has 4 atom stereocenters. The summed E-state index contributed by atoms with van der Waals surface area (Å²) in [4.78, 5) is 46.2. The molecule has 1 fully saturated rings. The van der Waals surface area contributed by atoms with Crippen molar-refractivity contribution in [1.82, 2.24) is 9.78 Å². The number of carbonyl (C=O) groups is 4.